The van der Waals surface area contributed by atoms with Crippen LogP contribution in [0, 0.1) is 0 Å². The highest BCUT2D eigenvalue weighted by Crippen LogP contribution is 2.26. The van der Waals surface area contributed by atoms with Gasteiger partial charge in [0.1, 0.15) is 11.4 Å². The molecule has 2 aromatic heterocycles. The number of nitrogens with zero attached hydrogens (tertiary/aromatic N) is 3. The van der Waals surface area contributed by atoms with E-state index in [0.717, 1.165) is 55.1 Å². The topological polar surface area (TPSA) is 76.6 Å². The van der Waals surface area contributed by atoms with Crippen molar-refractivity contribution in [2.24, 2.45) is 0 Å². The van der Waals surface area contributed by atoms with Gasteiger partial charge in [-0.2, -0.15) is 0 Å². The van der Waals surface area contributed by atoms with Crippen molar-refractivity contribution in [3.05, 3.63) is 66.6 Å². The van der Waals surface area contributed by atoms with Crippen molar-refractivity contribution >= 4 is 11.8 Å². The molecule has 7 nitrogen and oxygen atoms in total. The zero-order valence-corrected chi connectivity index (χ0v) is 17.6. The summed E-state index contributed by atoms with van der Waals surface area (Å²) in [5.74, 6) is 0.131. The van der Waals surface area contributed by atoms with E-state index in [2.05, 4.69) is 20.2 Å². The van der Waals surface area contributed by atoms with Crippen molar-refractivity contribution in [3.63, 3.8) is 0 Å². The number of anilines is 1. The third kappa shape index (κ3) is 5.25. The first-order valence-electron chi connectivity index (χ1n) is 10.4. The molecule has 0 amide bonds. The number of hydrogen-bond donors (Lipinski definition) is 1. The number of esters is 1. The number of carbonyl (C=O) groups excluding carboxylic acids is 1. The second-order valence-electron chi connectivity index (χ2n) is 7.31. The van der Waals surface area contributed by atoms with E-state index in [9.17, 15) is 4.79 Å². The Bertz CT molecular complexity index is 1000. The molecule has 0 bridgehead atoms. The lowest BCUT2D eigenvalue weighted by Crippen LogP contribution is -2.39. The van der Waals surface area contributed by atoms with Gasteiger partial charge in [0.2, 0.25) is 0 Å². The fourth-order valence-corrected chi connectivity index (χ4v) is 3.57. The van der Waals surface area contributed by atoms with Gasteiger partial charge in [-0.1, -0.05) is 30.3 Å². The number of methoxy groups -OCH3 is 1. The summed E-state index contributed by atoms with van der Waals surface area (Å²) in [6.45, 7) is 4.93. The Morgan fingerprint density at radius 2 is 1.81 bits per heavy atom. The number of pyridine rings is 2. The van der Waals surface area contributed by atoms with E-state index in [1.807, 2.05) is 48.7 Å². The van der Waals surface area contributed by atoms with Crippen LogP contribution in [0.2, 0.25) is 0 Å². The van der Waals surface area contributed by atoms with E-state index >= 15 is 0 Å². The first kappa shape index (κ1) is 21.0. The third-order valence-electron chi connectivity index (χ3n) is 5.33. The summed E-state index contributed by atoms with van der Waals surface area (Å²) in [5.41, 5.74) is 4.40. The van der Waals surface area contributed by atoms with Crippen molar-refractivity contribution in [3.8, 4) is 22.3 Å². The minimum Gasteiger partial charge on any atom is -0.465 e. The molecular weight excluding hydrogens is 392 g/mol. The van der Waals surface area contributed by atoms with Crippen LogP contribution < -0.4 is 5.32 Å². The van der Waals surface area contributed by atoms with Crippen LogP contribution in [0.4, 0.5) is 5.82 Å². The molecule has 1 aliphatic rings. The van der Waals surface area contributed by atoms with E-state index in [0.29, 0.717) is 17.9 Å². The fraction of sp³-hybridized carbons (Fsp3) is 0.292. The number of rotatable bonds is 7. The summed E-state index contributed by atoms with van der Waals surface area (Å²) in [5, 5.41) is 3.28. The number of carbonyl (C=O) groups is 1. The minimum atomic E-state index is -0.407. The molecule has 3 heterocycles. The van der Waals surface area contributed by atoms with Crippen LogP contribution in [0.25, 0.3) is 22.3 Å². The van der Waals surface area contributed by atoms with E-state index in [1.54, 1.807) is 12.4 Å². The Balaban J connectivity index is 1.50. The highest BCUT2D eigenvalue weighted by atomic mass is 16.5. The summed E-state index contributed by atoms with van der Waals surface area (Å²) in [7, 11) is 1.38. The SMILES string of the molecule is COC(=O)c1cc(-c2ccc(-c3cccnc3)cc2)cnc1NCCN1CCOCC1. The van der Waals surface area contributed by atoms with E-state index in [1.165, 1.54) is 7.11 Å². The molecule has 1 fully saturated rings. The van der Waals surface area contributed by atoms with E-state index in [4.69, 9.17) is 9.47 Å². The Morgan fingerprint density at radius 1 is 1.06 bits per heavy atom. The summed E-state index contributed by atoms with van der Waals surface area (Å²) < 4.78 is 10.4. The maximum atomic E-state index is 12.4. The fourth-order valence-electron chi connectivity index (χ4n) is 3.57. The number of ether oxygens (including phenoxy) is 2. The van der Waals surface area contributed by atoms with Crippen LogP contribution in [-0.2, 0) is 9.47 Å². The average molecular weight is 418 g/mol. The Kier molecular flexibility index (Phi) is 6.86. The zero-order chi connectivity index (χ0) is 21.5. The van der Waals surface area contributed by atoms with Gasteiger partial charge in [0.25, 0.3) is 0 Å². The standard InChI is InChI=1S/C24H26N4O3/c1-30-24(29)22-15-21(17-27-23(22)26-9-10-28-11-13-31-14-12-28)19-6-4-18(5-7-19)20-3-2-8-25-16-20/h2-8,15-17H,9-14H2,1H3,(H,26,27). The van der Waals surface area contributed by atoms with Crippen molar-refractivity contribution in [2.75, 3.05) is 51.8 Å². The summed E-state index contributed by atoms with van der Waals surface area (Å²) in [6.07, 6.45) is 5.38. The first-order chi connectivity index (χ1) is 15.2. The predicted molar refractivity (Wildman–Crippen MR) is 120 cm³/mol. The van der Waals surface area contributed by atoms with Crippen LogP contribution in [0.3, 0.4) is 0 Å². The van der Waals surface area contributed by atoms with Crippen molar-refractivity contribution in [1.82, 2.24) is 14.9 Å². The number of aromatic nitrogens is 2. The van der Waals surface area contributed by atoms with Crippen molar-refractivity contribution in [1.29, 1.82) is 0 Å². The molecule has 31 heavy (non-hydrogen) atoms. The Morgan fingerprint density at radius 3 is 2.48 bits per heavy atom. The van der Waals surface area contributed by atoms with Crippen molar-refractivity contribution in [2.45, 2.75) is 0 Å². The van der Waals surface area contributed by atoms with E-state index in [-0.39, 0.29) is 0 Å². The van der Waals surface area contributed by atoms with Crippen molar-refractivity contribution < 1.29 is 14.3 Å². The van der Waals surface area contributed by atoms with E-state index < -0.39 is 5.97 Å². The van der Waals surface area contributed by atoms with Crippen LogP contribution in [-0.4, -0.2) is 67.3 Å². The molecule has 1 aliphatic heterocycles. The van der Waals surface area contributed by atoms with Gasteiger partial charge >= 0.3 is 5.97 Å². The van der Waals surface area contributed by atoms with Gasteiger partial charge < -0.3 is 14.8 Å². The molecule has 1 aromatic carbocycles. The van der Waals surface area contributed by atoms with Gasteiger partial charge in [-0.25, -0.2) is 9.78 Å². The number of nitrogens with one attached hydrogen (secondary N) is 1. The maximum Gasteiger partial charge on any atom is 0.341 e. The van der Waals surface area contributed by atoms with Crippen LogP contribution >= 0.6 is 0 Å². The van der Waals surface area contributed by atoms with Gasteiger partial charge in [-0.3, -0.25) is 9.88 Å². The summed E-state index contributed by atoms with van der Waals surface area (Å²) >= 11 is 0. The number of morpholine rings is 1. The molecule has 3 aromatic rings. The van der Waals surface area contributed by atoms with Gasteiger partial charge in [0, 0.05) is 50.3 Å². The molecular formula is C24H26N4O3. The monoisotopic (exact) mass is 418 g/mol. The predicted octanol–water partition coefficient (Wildman–Crippen LogP) is 3.34. The van der Waals surface area contributed by atoms with Gasteiger partial charge in [-0.15, -0.1) is 0 Å². The second-order valence-corrected chi connectivity index (χ2v) is 7.31. The lowest BCUT2D eigenvalue weighted by atomic mass is 10.0. The second kappa shape index (κ2) is 10.1. The normalized spacial score (nSPS) is 14.2. The minimum absolute atomic E-state index is 0.407. The molecule has 0 spiro atoms. The Hall–Kier alpha value is -3.29. The molecule has 7 heteroatoms. The molecule has 160 valence electrons. The van der Waals surface area contributed by atoms with Gasteiger partial charge in [0.05, 0.1) is 20.3 Å². The largest absolute Gasteiger partial charge is 0.465 e. The molecule has 1 saturated heterocycles. The number of benzene rings is 1. The average Bonchev–Trinajstić information content (AvgIpc) is 2.85. The lowest BCUT2D eigenvalue weighted by Gasteiger charge is -2.26. The van der Waals surface area contributed by atoms with Gasteiger partial charge in [-0.05, 0) is 28.8 Å². The Labute approximate surface area is 182 Å². The smallest absolute Gasteiger partial charge is 0.341 e. The molecule has 0 aliphatic carbocycles. The first-order valence-corrected chi connectivity index (χ1v) is 10.4. The number of hydrogen-bond acceptors (Lipinski definition) is 7. The molecule has 0 atom stereocenters. The molecule has 0 saturated carbocycles. The van der Waals surface area contributed by atoms with Crippen LogP contribution in [0.1, 0.15) is 10.4 Å². The molecule has 1 N–H and O–H groups in total. The zero-order valence-electron chi connectivity index (χ0n) is 17.6. The highest BCUT2D eigenvalue weighted by molar-refractivity contribution is 5.96. The van der Waals surface area contributed by atoms with Gasteiger partial charge in [0.15, 0.2) is 0 Å². The van der Waals surface area contributed by atoms with Crippen LogP contribution in [0.15, 0.2) is 61.1 Å². The molecule has 0 radical (unpaired) electrons. The third-order valence-corrected chi connectivity index (χ3v) is 5.33. The summed E-state index contributed by atoms with van der Waals surface area (Å²) in [4.78, 5) is 23.4. The molecule has 0 unspecified atom stereocenters. The van der Waals surface area contributed by atoms with Crippen LogP contribution in [0.5, 0.6) is 0 Å². The summed E-state index contributed by atoms with van der Waals surface area (Å²) in [6, 6.07) is 13.9. The lowest BCUT2D eigenvalue weighted by molar-refractivity contribution is 0.0398. The maximum absolute atomic E-state index is 12.4. The highest BCUT2D eigenvalue weighted by Gasteiger charge is 2.16. The quantitative estimate of drug-likeness (QED) is 0.590. The molecule has 4 rings (SSSR count).